The third-order valence-electron chi connectivity index (χ3n) is 5.03. The maximum absolute atomic E-state index is 10.7. The summed E-state index contributed by atoms with van der Waals surface area (Å²) in [6, 6.07) is 0. The maximum atomic E-state index is 10.7. The van der Waals surface area contributed by atoms with Crippen LogP contribution in [0.4, 0.5) is 0 Å². The molecular weight excluding hydrogens is 228 g/mol. The number of ether oxygens (including phenoxy) is 2. The lowest BCUT2D eigenvalue weighted by atomic mass is 9.68. The van der Waals surface area contributed by atoms with Crippen molar-refractivity contribution in [2.45, 2.75) is 63.3 Å². The summed E-state index contributed by atoms with van der Waals surface area (Å²) in [7, 11) is 0. The van der Waals surface area contributed by atoms with E-state index in [9.17, 15) is 5.11 Å². The second kappa shape index (κ2) is 4.95. The van der Waals surface area contributed by atoms with Gasteiger partial charge in [0.05, 0.1) is 24.7 Å². The number of fused-ring (bicyclic) bond motifs is 1. The van der Waals surface area contributed by atoms with Crippen molar-refractivity contribution in [3.05, 3.63) is 12.2 Å². The molecule has 1 N–H and O–H groups in total. The molecule has 0 aromatic heterocycles. The summed E-state index contributed by atoms with van der Waals surface area (Å²) < 4.78 is 12.1. The van der Waals surface area contributed by atoms with E-state index in [2.05, 4.69) is 12.2 Å². The molecule has 0 aromatic rings. The van der Waals surface area contributed by atoms with Crippen LogP contribution in [0.15, 0.2) is 12.2 Å². The lowest BCUT2D eigenvalue weighted by molar-refractivity contribution is -0.268. The second-order valence-corrected chi connectivity index (χ2v) is 5.94. The largest absolute Gasteiger partial charge is 0.392 e. The first-order chi connectivity index (χ1) is 8.79. The molecule has 0 aromatic carbocycles. The first-order valence-electron chi connectivity index (χ1n) is 7.40. The van der Waals surface area contributed by atoms with Crippen molar-refractivity contribution in [1.29, 1.82) is 0 Å². The van der Waals surface area contributed by atoms with E-state index in [0.717, 1.165) is 38.5 Å². The van der Waals surface area contributed by atoms with E-state index in [1.165, 1.54) is 12.8 Å². The highest BCUT2D eigenvalue weighted by atomic mass is 16.7. The van der Waals surface area contributed by atoms with Gasteiger partial charge in [-0.2, -0.15) is 0 Å². The predicted molar refractivity (Wildman–Crippen MR) is 69.2 cm³/mol. The molecule has 3 rings (SSSR count). The van der Waals surface area contributed by atoms with Crippen LogP contribution in [-0.2, 0) is 9.47 Å². The molecule has 0 amide bonds. The number of hydrogen-bond acceptors (Lipinski definition) is 3. The van der Waals surface area contributed by atoms with Crippen molar-refractivity contribution in [3.63, 3.8) is 0 Å². The SMILES string of the molecule is O[C@@H]1CCC=CC[C@]12CCCCCC21OCCO1. The van der Waals surface area contributed by atoms with Crippen molar-refractivity contribution < 1.29 is 14.6 Å². The molecule has 3 heteroatoms. The summed E-state index contributed by atoms with van der Waals surface area (Å²) in [5.74, 6) is -0.516. The highest BCUT2D eigenvalue weighted by Gasteiger charge is 2.58. The van der Waals surface area contributed by atoms with Crippen LogP contribution in [0.5, 0.6) is 0 Å². The molecule has 1 heterocycles. The summed E-state index contributed by atoms with van der Waals surface area (Å²) in [6.07, 6.45) is 12.4. The topological polar surface area (TPSA) is 38.7 Å². The monoisotopic (exact) mass is 252 g/mol. The molecule has 0 unspecified atom stereocenters. The van der Waals surface area contributed by atoms with Crippen LogP contribution in [0.3, 0.4) is 0 Å². The van der Waals surface area contributed by atoms with Gasteiger partial charge in [-0.05, 0) is 32.1 Å². The van der Waals surface area contributed by atoms with Gasteiger partial charge < -0.3 is 14.6 Å². The molecule has 3 aliphatic rings. The van der Waals surface area contributed by atoms with E-state index < -0.39 is 5.79 Å². The van der Waals surface area contributed by atoms with Crippen LogP contribution in [0.25, 0.3) is 0 Å². The quantitative estimate of drug-likeness (QED) is 0.674. The van der Waals surface area contributed by atoms with Gasteiger partial charge in [0.1, 0.15) is 0 Å². The Kier molecular flexibility index (Phi) is 3.48. The number of aliphatic hydroxyl groups excluding tert-OH is 1. The average Bonchev–Trinajstić information content (AvgIpc) is 2.67. The summed E-state index contributed by atoms with van der Waals surface area (Å²) in [5, 5.41) is 10.7. The first kappa shape index (κ1) is 12.6. The molecule has 1 saturated heterocycles. The van der Waals surface area contributed by atoms with E-state index in [-0.39, 0.29) is 11.5 Å². The first-order valence-corrected chi connectivity index (χ1v) is 7.40. The minimum atomic E-state index is -0.516. The summed E-state index contributed by atoms with van der Waals surface area (Å²) in [6.45, 7) is 1.36. The third-order valence-corrected chi connectivity index (χ3v) is 5.03. The molecule has 2 spiro atoms. The zero-order valence-corrected chi connectivity index (χ0v) is 11.1. The van der Waals surface area contributed by atoms with Crippen molar-refractivity contribution in [2.75, 3.05) is 13.2 Å². The van der Waals surface area contributed by atoms with Crippen LogP contribution in [0.2, 0.25) is 0 Å². The maximum Gasteiger partial charge on any atom is 0.176 e. The third kappa shape index (κ3) is 1.84. The van der Waals surface area contributed by atoms with Gasteiger partial charge in [-0.15, -0.1) is 0 Å². The Morgan fingerprint density at radius 2 is 1.78 bits per heavy atom. The van der Waals surface area contributed by atoms with Crippen molar-refractivity contribution in [1.82, 2.24) is 0 Å². The van der Waals surface area contributed by atoms with Crippen LogP contribution in [-0.4, -0.2) is 30.2 Å². The highest BCUT2D eigenvalue weighted by molar-refractivity contribution is 5.08. The molecule has 18 heavy (non-hydrogen) atoms. The molecule has 2 atom stereocenters. The summed E-state index contributed by atoms with van der Waals surface area (Å²) >= 11 is 0. The van der Waals surface area contributed by atoms with Gasteiger partial charge in [-0.1, -0.05) is 25.0 Å². The number of aliphatic hydroxyl groups is 1. The predicted octanol–water partition coefficient (Wildman–Crippen LogP) is 2.78. The van der Waals surface area contributed by atoms with Gasteiger partial charge in [0, 0.05) is 6.42 Å². The zero-order valence-electron chi connectivity index (χ0n) is 11.1. The molecule has 1 aliphatic heterocycles. The summed E-state index contributed by atoms with van der Waals surface area (Å²) in [4.78, 5) is 0. The van der Waals surface area contributed by atoms with E-state index in [1.54, 1.807) is 0 Å². The van der Waals surface area contributed by atoms with Gasteiger partial charge in [0.25, 0.3) is 0 Å². The van der Waals surface area contributed by atoms with Crippen molar-refractivity contribution in [2.24, 2.45) is 5.41 Å². The number of allylic oxidation sites excluding steroid dienone is 2. The Morgan fingerprint density at radius 3 is 2.61 bits per heavy atom. The fourth-order valence-corrected chi connectivity index (χ4v) is 4.06. The number of hydrogen-bond donors (Lipinski definition) is 1. The lowest BCUT2D eigenvalue weighted by Gasteiger charge is -2.48. The van der Waals surface area contributed by atoms with E-state index in [1.807, 2.05) is 0 Å². The molecule has 2 aliphatic carbocycles. The number of rotatable bonds is 0. The molecule has 2 fully saturated rings. The Labute approximate surface area is 109 Å². The van der Waals surface area contributed by atoms with Gasteiger partial charge >= 0.3 is 0 Å². The Morgan fingerprint density at radius 1 is 1.00 bits per heavy atom. The highest BCUT2D eigenvalue weighted by Crippen LogP contribution is 2.54. The van der Waals surface area contributed by atoms with E-state index in [0.29, 0.717) is 13.2 Å². The second-order valence-electron chi connectivity index (χ2n) is 5.94. The van der Waals surface area contributed by atoms with Crippen molar-refractivity contribution >= 4 is 0 Å². The fourth-order valence-electron chi connectivity index (χ4n) is 4.06. The standard InChI is InChI=1S/C15H24O3/c16-13-7-3-1-4-8-14(13)9-5-2-6-10-15(14)17-11-12-18-15/h1,4,13,16H,2-3,5-12H2/t13-,14+/m1/s1. The summed E-state index contributed by atoms with van der Waals surface area (Å²) in [5.41, 5.74) is -0.215. The molecule has 0 radical (unpaired) electrons. The molecular formula is C15H24O3. The molecule has 0 bridgehead atoms. The van der Waals surface area contributed by atoms with Gasteiger partial charge in [0.15, 0.2) is 5.79 Å². The molecule has 3 nitrogen and oxygen atoms in total. The zero-order chi connectivity index (χ0) is 12.5. The van der Waals surface area contributed by atoms with Gasteiger partial charge in [0.2, 0.25) is 0 Å². The normalized spacial score (nSPS) is 39.9. The van der Waals surface area contributed by atoms with Crippen LogP contribution in [0, 0.1) is 5.41 Å². The van der Waals surface area contributed by atoms with E-state index >= 15 is 0 Å². The Balaban J connectivity index is 1.99. The van der Waals surface area contributed by atoms with Gasteiger partial charge in [-0.3, -0.25) is 0 Å². The fraction of sp³-hybridized carbons (Fsp3) is 0.867. The minimum absolute atomic E-state index is 0.215. The van der Waals surface area contributed by atoms with E-state index in [4.69, 9.17) is 9.47 Å². The van der Waals surface area contributed by atoms with Crippen molar-refractivity contribution in [3.8, 4) is 0 Å². The smallest absolute Gasteiger partial charge is 0.176 e. The Hall–Kier alpha value is -0.380. The minimum Gasteiger partial charge on any atom is -0.392 e. The lowest BCUT2D eigenvalue weighted by Crippen LogP contribution is -2.55. The Bertz CT molecular complexity index is 320. The average molecular weight is 252 g/mol. The van der Waals surface area contributed by atoms with Crippen LogP contribution in [0.1, 0.15) is 51.4 Å². The molecule has 102 valence electrons. The van der Waals surface area contributed by atoms with Crippen LogP contribution < -0.4 is 0 Å². The van der Waals surface area contributed by atoms with Crippen LogP contribution >= 0.6 is 0 Å². The van der Waals surface area contributed by atoms with Gasteiger partial charge in [-0.25, -0.2) is 0 Å². The molecule has 1 saturated carbocycles.